The largest absolute Gasteiger partial charge is 0.399 e. The maximum Gasteiger partial charge on any atom is 0.0596 e. The van der Waals surface area contributed by atoms with Crippen LogP contribution < -0.4 is 5.73 Å². The molecule has 1 rings (SSSR count). The number of likely N-dealkylation sites (N-methyl/N-ethyl adjacent to an activating group) is 1. The van der Waals surface area contributed by atoms with Crippen LogP contribution in [0.3, 0.4) is 0 Å². The van der Waals surface area contributed by atoms with E-state index in [4.69, 9.17) is 12.2 Å². The molecule has 1 aromatic carbocycles. The first-order valence-electron chi connectivity index (χ1n) is 5.44. The molecule has 0 amide bonds. The summed E-state index contributed by atoms with van der Waals surface area (Å²) in [5.41, 5.74) is 7.85. The lowest BCUT2D eigenvalue weighted by molar-refractivity contribution is 0.294. The number of hydrogen-bond donors (Lipinski definition) is 1. The second-order valence-electron chi connectivity index (χ2n) is 4.88. The molecule has 0 spiro atoms. The second kappa shape index (κ2) is 5.05. The second-order valence-corrected chi connectivity index (χ2v) is 4.88. The standard InChI is InChI=1S/C14H20N2/c1-5-10-16(4)11-14(2,3)12-6-8-13(15)9-7-12/h1,6-9H,10-11,15H2,2-4H3. The first-order chi connectivity index (χ1) is 7.45. The minimum Gasteiger partial charge on any atom is -0.399 e. The lowest BCUT2D eigenvalue weighted by Crippen LogP contribution is -2.34. The van der Waals surface area contributed by atoms with E-state index in [1.165, 1.54) is 5.56 Å². The third-order valence-corrected chi connectivity index (χ3v) is 2.72. The highest BCUT2D eigenvalue weighted by Crippen LogP contribution is 2.24. The summed E-state index contributed by atoms with van der Waals surface area (Å²) in [6, 6.07) is 8.05. The van der Waals surface area contributed by atoms with Crippen LogP contribution in [0.5, 0.6) is 0 Å². The van der Waals surface area contributed by atoms with Crippen LogP contribution in [0.15, 0.2) is 24.3 Å². The van der Waals surface area contributed by atoms with E-state index in [9.17, 15) is 0 Å². The van der Waals surface area contributed by atoms with Gasteiger partial charge in [0.2, 0.25) is 0 Å². The number of anilines is 1. The van der Waals surface area contributed by atoms with Crippen molar-refractivity contribution in [3.8, 4) is 12.3 Å². The molecular weight excluding hydrogens is 196 g/mol. The van der Waals surface area contributed by atoms with Crippen molar-refractivity contribution >= 4 is 5.69 Å². The first kappa shape index (κ1) is 12.6. The number of nitrogens with zero attached hydrogens (tertiary/aromatic N) is 1. The van der Waals surface area contributed by atoms with E-state index >= 15 is 0 Å². The molecule has 0 aromatic heterocycles. The van der Waals surface area contributed by atoms with Crippen LogP contribution in [0.4, 0.5) is 5.69 Å². The third kappa shape index (κ3) is 3.29. The van der Waals surface area contributed by atoms with Crippen LogP contribution in [0.25, 0.3) is 0 Å². The number of hydrogen-bond acceptors (Lipinski definition) is 2. The molecule has 1 aromatic rings. The summed E-state index contributed by atoms with van der Waals surface area (Å²) >= 11 is 0. The van der Waals surface area contributed by atoms with Crippen molar-refractivity contribution in [3.63, 3.8) is 0 Å². The zero-order chi connectivity index (χ0) is 12.2. The number of benzene rings is 1. The van der Waals surface area contributed by atoms with Crippen LogP contribution in [0.1, 0.15) is 19.4 Å². The van der Waals surface area contributed by atoms with E-state index in [0.717, 1.165) is 12.2 Å². The van der Waals surface area contributed by atoms with Gasteiger partial charge in [-0.05, 0) is 24.7 Å². The molecule has 0 unspecified atom stereocenters. The fourth-order valence-corrected chi connectivity index (χ4v) is 1.91. The summed E-state index contributed by atoms with van der Waals surface area (Å²) in [5, 5.41) is 0. The van der Waals surface area contributed by atoms with E-state index in [-0.39, 0.29) is 5.41 Å². The maximum atomic E-state index is 5.68. The summed E-state index contributed by atoms with van der Waals surface area (Å²) < 4.78 is 0. The smallest absolute Gasteiger partial charge is 0.0596 e. The topological polar surface area (TPSA) is 29.3 Å². The van der Waals surface area contributed by atoms with Gasteiger partial charge in [0.15, 0.2) is 0 Å². The van der Waals surface area contributed by atoms with Gasteiger partial charge in [-0.3, -0.25) is 4.90 Å². The van der Waals surface area contributed by atoms with Gasteiger partial charge < -0.3 is 5.73 Å². The first-order valence-corrected chi connectivity index (χ1v) is 5.44. The molecule has 2 heteroatoms. The van der Waals surface area contributed by atoms with Gasteiger partial charge in [0, 0.05) is 17.6 Å². The Morgan fingerprint density at radius 1 is 1.31 bits per heavy atom. The normalized spacial score (nSPS) is 11.4. The molecule has 0 aliphatic rings. The van der Waals surface area contributed by atoms with Gasteiger partial charge in [-0.1, -0.05) is 31.9 Å². The fraction of sp³-hybridized carbons (Fsp3) is 0.429. The van der Waals surface area contributed by atoms with Crippen LogP contribution in [-0.2, 0) is 5.41 Å². The Hall–Kier alpha value is -1.46. The van der Waals surface area contributed by atoms with Crippen molar-refractivity contribution in [3.05, 3.63) is 29.8 Å². The van der Waals surface area contributed by atoms with Crippen LogP contribution in [0, 0.1) is 12.3 Å². The Morgan fingerprint density at radius 2 is 1.88 bits per heavy atom. The summed E-state index contributed by atoms with van der Waals surface area (Å²) in [7, 11) is 2.04. The van der Waals surface area contributed by atoms with E-state index in [0.29, 0.717) is 6.54 Å². The van der Waals surface area contributed by atoms with E-state index in [1.54, 1.807) is 0 Å². The van der Waals surface area contributed by atoms with Crippen molar-refractivity contribution in [1.82, 2.24) is 4.90 Å². The Morgan fingerprint density at radius 3 is 2.38 bits per heavy atom. The lowest BCUT2D eigenvalue weighted by Gasteiger charge is -2.30. The van der Waals surface area contributed by atoms with E-state index in [2.05, 4.69) is 36.8 Å². The van der Waals surface area contributed by atoms with Gasteiger partial charge in [0.25, 0.3) is 0 Å². The predicted octanol–water partition coefficient (Wildman–Crippen LogP) is 2.11. The average molecular weight is 216 g/mol. The monoisotopic (exact) mass is 216 g/mol. The molecule has 0 fully saturated rings. The van der Waals surface area contributed by atoms with Crippen LogP contribution in [0.2, 0.25) is 0 Å². The molecule has 0 atom stereocenters. The molecule has 2 nitrogen and oxygen atoms in total. The van der Waals surface area contributed by atoms with Gasteiger partial charge in [0.1, 0.15) is 0 Å². The summed E-state index contributed by atoms with van der Waals surface area (Å²) in [4.78, 5) is 2.15. The Bertz CT molecular complexity index is 371. The molecule has 0 aliphatic carbocycles. The summed E-state index contributed by atoms with van der Waals surface area (Å²) in [6.45, 7) is 6.04. The van der Waals surface area contributed by atoms with Gasteiger partial charge in [-0.2, -0.15) is 0 Å². The molecule has 0 radical (unpaired) electrons. The molecule has 0 heterocycles. The van der Waals surface area contributed by atoms with Crippen molar-refractivity contribution < 1.29 is 0 Å². The molecule has 0 saturated heterocycles. The number of nitrogen functional groups attached to an aromatic ring is 1. The van der Waals surface area contributed by atoms with Gasteiger partial charge >= 0.3 is 0 Å². The Labute approximate surface area is 98.4 Å². The van der Waals surface area contributed by atoms with Crippen molar-refractivity contribution in [1.29, 1.82) is 0 Å². The number of nitrogens with two attached hydrogens (primary N) is 1. The molecule has 0 saturated carbocycles. The SMILES string of the molecule is C#CCN(C)CC(C)(C)c1ccc(N)cc1. The molecule has 16 heavy (non-hydrogen) atoms. The highest BCUT2D eigenvalue weighted by atomic mass is 15.1. The van der Waals surface area contributed by atoms with Crippen molar-refractivity contribution in [2.75, 3.05) is 25.9 Å². The zero-order valence-electron chi connectivity index (χ0n) is 10.3. The van der Waals surface area contributed by atoms with Crippen molar-refractivity contribution in [2.45, 2.75) is 19.3 Å². The minimum absolute atomic E-state index is 0.0826. The third-order valence-electron chi connectivity index (χ3n) is 2.72. The fourth-order valence-electron chi connectivity index (χ4n) is 1.91. The maximum absolute atomic E-state index is 5.68. The minimum atomic E-state index is 0.0826. The number of terminal acetylenes is 1. The van der Waals surface area contributed by atoms with Gasteiger partial charge in [-0.25, -0.2) is 0 Å². The summed E-state index contributed by atoms with van der Waals surface area (Å²) in [6.07, 6.45) is 5.30. The van der Waals surface area contributed by atoms with Crippen LogP contribution in [-0.4, -0.2) is 25.0 Å². The predicted molar refractivity (Wildman–Crippen MR) is 70.2 cm³/mol. The van der Waals surface area contributed by atoms with Gasteiger partial charge in [0.05, 0.1) is 6.54 Å². The van der Waals surface area contributed by atoms with Crippen molar-refractivity contribution in [2.24, 2.45) is 0 Å². The average Bonchev–Trinajstić information content (AvgIpc) is 2.17. The molecular formula is C14H20N2. The van der Waals surface area contributed by atoms with E-state index < -0.39 is 0 Å². The summed E-state index contributed by atoms with van der Waals surface area (Å²) in [5.74, 6) is 2.66. The van der Waals surface area contributed by atoms with E-state index in [1.807, 2.05) is 19.2 Å². The lowest BCUT2D eigenvalue weighted by atomic mass is 9.84. The highest BCUT2D eigenvalue weighted by Gasteiger charge is 2.21. The van der Waals surface area contributed by atoms with Gasteiger partial charge in [-0.15, -0.1) is 6.42 Å². The molecule has 0 bridgehead atoms. The highest BCUT2D eigenvalue weighted by molar-refractivity contribution is 5.41. The zero-order valence-corrected chi connectivity index (χ0v) is 10.3. The Balaban J connectivity index is 2.77. The van der Waals surface area contributed by atoms with Crippen LogP contribution >= 0.6 is 0 Å². The molecule has 2 N–H and O–H groups in total. The molecule has 0 aliphatic heterocycles. The Kier molecular flexibility index (Phi) is 3.98. The number of rotatable bonds is 4. The quantitative estimate of drug-likeness (QED) is 0.617. The molecule has 86 valence electrons.